The molecule has 0 aliphatic rings. The average molecular weight is 251 g/mol. The highest BCUT2D eigenvalue weighted by molar-refractivity contribution is 14.1. The van der Waals surface area contributed by atoms with Gasteiger partial charge in [-0.25, -0.2) is 0 Å². The highest BCUT2D eigenvalue weighted by Gasteiger charge is 2.09. The highest BCUT2D eigenvalue weighted by Crippen LogP contribution is 2.19. The quantitative estimate of drug-likeness (QED) is 0.309. The van der Waals surface area contributed by atoms with Crippen LogP contribution in [0.1, 0.15) is 27.7 Å². The maximum absolute atomic E-state index is 4.41. The van der Waals surface area contributed by atoms with Crippen LogP contribution in [0.5, 0.6) is 0 Å². The van der Waals surface area contributed by atoms with Crippen molar-refractivity contribution in [3.63, 3.8) is 0 Å². The van der Waals surface area contributed by atoms with Gasteiger partial charge in [0.25, 0.3) is 0 Å². The summed E-state index contributed by atoms with van der Waals surface area (Å²) in [4.78, 5) is 4.41. The van der Waals surface area contributed by atoms with Crippen molar-refractivity contribution in [2.24, 2.45) is 4.99 Å². The molecule has 0 bridgehead atoms. The van der Waals surface area contributed by atoms with Crippen molar-refractivity contribution < 1.29 is 0 Å². The van der Waals surface area contributed by atoms with Crippen LogP contribution in [0.15, 0.2) is 17.1 Å². The molecule has 0 radical (unpaired) electrons. The van der Waals surface area contributed by atoms with Crippen LogP contribution < -0.4 is 0 Å². The van der Waals surface area contributed by atoms with E-state index in [1.54, 1.807) is 0 Å². The largest absolute Gasteiger partial charge is 0.273 e. The zero-order chi connectivity index (χ0) is 8.36. The van der Waals surface area contributed by atoms with Gasteiger partial charge in [0.1, 0.15) is 3.55 Å². The van der Waals surface area contributed by atoms with E-state index in [0.29, 0.717) is 0 Å². The van der Waals surface area contributed by atoms with Gasteiger partial charge in [-0.05, 0) is 33.3 Å². The molecule has 1 nitrogen and oxygen atoms in total. The van der Waals surface area contributed by atoms with E-state index in [-0.39, 0.29) is 3.55 Å². The third kappa shape index (κ3) is 4.97. The molecule has 0 saturated carbocycles. The van der Waals surface area contributed by atoms with Crippen LogP contribution in [0.25, 0.3) is 0 Å². The van der Waals surface area contributed by atoms with E-state index in [1.165, 1.54) is 0 Å². The predicted octanol–water partition coefficient (Wildman–Crippen LogP) is 3.19. The van der Waals surface area contributed by atoms with Gasteiger partial charge in [0, 0.05) is 5.71 Å². The van der Waals surface area contributed by atoms with E-state index < -0.39 is 0 Å². The van der Waals surface area contributed by atoms with Crippen LogP contribution in [0.2, 0.25) is 0 Å². The highest BCUT2D eigenvalue weighted by atomic mass is 127. The monoisotopic (exact) mass is 251 g/mol. The summed E-state index contributed by atoms with van der Waals surface area (Å²) in [5.41, 5.74) is 2.09. The Hall–Kier alpha value is 0.140. The van der Waals surface area contributed by atoms with Crippen molar-refractivity contribution in [3.05, 3.63) is 12.2 Å². The summed E-state index contributed by atoms with van der Waals surface area (Å²) >= 11 is 2.30. The minimum absolute atomic E-state index is 0.000787. The Kier molecular flexibility index (Phi) is 3.56. The van der Waals surface area contributed by atoms with Gasteiger partial charge in [-0.3, -0.25) is 4.99 Å². The van der Waals surface area contributed by atoms with Crippen molar-refractivity contribution in [2.75, 3.05) is 0 Å². The molecule has 0 amide bonds. The molecule has 0 atom stereocenters. The van der Waals surface area contributed by atoms with Gasteiger partial charge in [0.2, 0.25) is 0 Å². The summed E-state index contributed by atoms with van der Waals surface area (Å²) in [5.74, 6) is 0. The van der Waals surface area contributed by atoms with Gasteiger partial charge in [0.15, 0.2) is 0 Å². The Morgan fingerprint density at radius 3 is 1.90 bits per heavy atom. The van der Waals surface area contributed by atoms with Gasteiger partial charge in [0.05, 0.1) is 0 Å². The second kappa shape index (κ2) is 3.51. The van der Waals surface area contributed by atoms with Crippen LogP contribution in [0.3, 0.4) is 0 Å². The number of nitrogens with zero attached hydrogens (tertiary/aromatic N) is 1. The molecule has 0 unspecified atom stereocenters. The summed E-state index contributed by atoms with van der Waals surface area (Å²) in [7, 11) is 0. The maximum Gasteiger partial charge on any atom is 0.106 e. The van der Waals surface area contributed by atoms with Gasteiger partial charge in [-0.1, -0.05) is 29.2 Å². The summed E-state index contributed by atoms with van der Waals surface area (Å²) < 4.78 is 0.000787. The van der Waals surface area contributed by atoms with E-state index in [9.17, 15) is 0 Å². The second-order valence-corrected chi connectivity index (χ2v) is 5.53. The molecule has 0 rings (SSSR count). The Morgan fingerprint density at radius 1 is 1.40 bits per heavy atom. The molecule has 0 aliphatic heterocycles. The third-order valence-electron chi connectivity index (χ3n) is 1.05. The fourth-order valence-electron chi connectivity index (χ4n) is 0.494. The van der Waals surface area contributed by atoms with Crippen LogP contribution in [-0.4, -0.2) is 9.26 Å². The first-order valence-corrected chi connectivity index (χ1v) is 4.32. The molecule has 0 aromatic carbocycles. The first-order chi connectivity index (χ1) is 4.33. The van der Waals surface area contributed by atoms with Crippen LogP contribution in [0.4, 0.5) is 0 Å². The van der Waals surface area contributed by atoms with Crippen LogP contribution in [-0.2, 0) is 0 Å². The first kappa shape index (κ1) is 10.1. The number of hydrogen-bond acceptors (Lipinski definition) is 1. The Labute approximate surface area is 76.8 Å². The van der Waals surface area contributed by atoms with E-state index in [0.717, 1.165) is 11.3 Å². The summed E-state index contributed by atoms with van der Waals surface area (Å²) in [6.45, 7) is 11.9. The van der Waals surface area contributed by atoms with Gasteiger partial charge < -0.3 is 0 Å². The molecule has 0 spiro atoms. The third-order valence-corrected chi connectivity index (χ3v) is 1.29. The van der Waals surface area contributed by atoms with Gasteiger partial charge in [-0.15, -0.1) is 0 Å². The van der Waals surface area contributed by atoms with Crippen molar-refractivity contribution in [1.29, 1.82) is 0 Å². The molecule has 0 heterocycles. The first-order valence-electron chi connectivity index (χ1n) is 3.24. The van der Waals surface area contributed by atoms with Crippen molar-refractivity contribution in [2.45, 2.75) is 31.2 Å². The number of hydrogen-bond donors (Lipinski definition) is 0. The molecule has 0 aromatic heterocycles. The molecule has 0 aromatic rings. The zero-order valence-electron chi connectivity index (χ0n) is 7.03. The SMILES string of the molecule is C=C(C)/C(C)=N/C(C)(C)I. The topological polar surface area (TPSA) is 12.4 Å². The Morgan fingerprint density at radius 2 is 1.80 bits per heavy atom. The minimum Gasteiger partial charge on any atom is -0.273 e. The predicted molar refractivity (Wildman–Crippen MR) is 56.0 cm³/mol. The zero-order valence-corrected chi connectivity index (χ0v) is 9.19. The summed E-state index contributed by atoms with van der Waals surface area (Å²) in [5, 5.41) is 0. The van der Waals surface area contributed by atoms with Crippen molar-refractivity contribution >= 4 is 28.3 Å². The van der Waals surface area contributed by atoms with Gasteiger partial charge in [-0.2, -0.15) is 0 Å². The van der Waals surface area contributed by atoms with Crippen molar-refractivity contribution in [3.8, 4) is 0 Å². The normalized spacial score (nSPS) is 13.5. The van der Waals surface area contributed by atoms with E-state index >= 15 is 0 Å². The Bertz CT molecular complexity index is 163. The molecule has 10 heavy (non-hydrogen) atoms. The number of rotatable bonds is 2. The van der Waals surface area contributed by atoms with Crippen LogP contribution in [0, 0.1) is 0 Å². The fourth-order valence-corrected chi connectivity index (χ4v) is 0.856. The van der Waals surface area contributed by atoms with E-state index in [2.05, 4.69) is 48.0 Å². The summed E-state index contributed by atoms with van der Waals surface area (Å²) in [6, 6.07) is 0. The fraction of sp³-hybridized carbons (Fsp3) is 0.625. The maximum atomic E-state index is 4.41. The molecule has 0 N–H and O–H groups in total. The molecule has 58 valence electrons. The smallest absolute Gasteiger partial charge is 0.106 e. The minimum atomic E-state index is 0.000787. The number of allylic oxidation sites excluding steroid dienone is 1. The molecular weight excluding hydrogens is 237 g/mol. The lowest BCUT2D eigenvalue weighted by molar-refractivity contribution is 0.801. The lowest BCUT2D eigenvalue weighted by atomic mass is 10.2. The lowest BCUT2D eigenvalue weighted by Crippen LogP contribution is -2.08. The van der Waals surface area contributed by atoms with Crippen molar-refractivity contribution in [1.82, 2.24) is 0 Å². The molecular formula is C8H14IN. The van der Waals surface area contributed by atoms with Crippen LogP contribution >= 0.6 is 22.6 Å². The molecule has 2 heteroatoms. The average Bonchev–Trinajstić information content (AvgIpc) is 1.60. The number of halogens is 1. The molecule has 0 saturated heterocycles. The van der Waals surface area contributed by atoms with Gasteiger partial charge >= 0.3 is 0 Å². The van der Waals surface area contributed by atoms with E-state index in [1.807, 2.05) is 13.8 Å². The second-order valence-electron chi connectivity index (χ2n) is 2.89. The number of alkyl halides is 1. The molecule has 0 aliphatic carbocycles. The lowest BCUT2D eigenvalue weighted by Gasteiger charge is -2.11. The Balaban J connectivity index is 4.32. The standard InChI is InChI=1S/C8H14IN/c1-6(2)7(3)10-8(4,5)9/h1H2,2-5H3/b10-7+. The number of aliphatic imine (C=N–C) groups is 1. The summed E-state index contributed by atoms with van der Waals surface area (Å²) in [6.07, 6.45) is 0. The molecule has 0 fully saturated rings. The van der Waals surface area contributed by atoms with E-state index in [4.69, 9.17) is 0 Å².